The molecule has 0 saturated heterocycles. The third kappa shape index (κ3) is 2.70. The molecule has 21 heavy (non-hydrogen) atoms. The van der Waals surface area contributed by atoms with Crippen molar-refractivity contribution in [3.05, 3.63) is 70.1 Å². The summed E-state index contributed by atoms with van der Waals surface area (Å²) >= 11 is 0. The van der Waals surface area contributed by atoms with Gasteiger partial charge in [0.2, 0.25) is 0 Å². The van der Waals surface area contributed by atoms with E-state index in [1.54, 1.807) is 0 Å². The van der Waals surface area contributed by atoms with Gasteiger partial charge < -0.3 is 10.0 Å². The Morgan fingerprint density at radius 2 is 1.95 bits per heavy atom. The minimum atomic E-state index is 0.0450. The largest absolute Gasteiger partial charge is 0.376 e. The summed E-state index contributed by atoms with van der Waals surface area (Å²) in [6.45, 7) is 0.872. The number of benzene rings is 2. The monoisotopic (exact) mass is 280 g/mol. The van der Waals surface area contributed by atoms with Crippen molar-refractivity contribution in [1.82, 2.24) is 0 Å². The van der Waals surface area contributed by atoms with E-state index < -0.39 is 0 Å². The maximum atomic E-state index is 9.47. The van der Waals surface area contributed by atoms with Gasteiger partial charge in [0, 0.05) is 28.7 Å². The van der Waals surface area contributed by atoms with Crippen LogP contribution in [0.1, 0.15) is 17.0 Å². The normalized spacial score (nSPS) is 16.4. The Hall–Kier alpha value is -2.49. The predicted octanol–water partition coefficient (Wildman–Crippen LogP) is 3.72. The first-order chi connectivity index (χ1) is 10.3. The molecule has 0 fully saturated rings. The van der Waals surface area contributed by atoms with E-state index in [2.05, 4.69) is 22.2 Å². The minimum absolute atomic E-state index is 0.0450. The van der Waals surface area contributed by atoms with Crippen molar-refractivity contribution >= 4 is 11.4 Å². The van der Waals surface area contributed by atoms with Crippen LogP contribution in [-0.4, -0.2) is 18.4 Å². The van der Waals surface area contributed by atoms with Crippen molar-refractivity contribution in [2.75, 3.05) is 18.2 Å². The van der Waals surface area contributed by atoms with Crippen LogP contribution in [0.25, 0.3) is 10.4 Å². The fraction of sp³-hybridized carbons (Fsp3) is 0.250. The Bertz CT molecular complexity index is 677. The van der Waals surface area contributed by atoms with Crippen LogP contribution < -0.4 is 4.90 Å². The molecule has 2 aromatic carbocycles. The van der Waals surface area contributed by atoms with E-state index in [1.165, 1.54) is 11.1 Å². The maximum Gasteiger partial charge on any atom is 0.115 e. The van der Waals surface area contributed by atoms with E-state index in [0.717, 1.165) is 18.7 Å². The number of fused-ring (bicyclic) bond motifs is 1. The second kappa shape index (κ2) is 5.87. The molecule has 1 aliphatic heterocycles. The van der Waals surface area contributed by atoms with Gasteiger partial charge in [0.05, 0.1) is 0 Å². The molecule has 0 amide bonds. The van der Waals surface area contributed by atoms with Crippen molar-refractivity contribution in [2.24, 2.45) is 5.11 Å². The molecular formula is C16H16N4O. The predicted molar refractivity (Wildman–Crippen MR) is 82.6 cm³/mol. The fourth-order valence-corrected chi connectivity index (χ4v) is 2.93. The number of nitrogens with zero attached hydrogens (tertiary/aromatic N) is 4. The van der Waals surface area contributed by atoms with Crippen LogP contribution in [0.3, 0.4) is 0 Å². The number of azide groups is 1. The summed E-state index contributed by atoms with van der Waals surface area (Å²) in [5.41, 5.74) is 12.6. The number of anilines is 1. The Labute approximate surface area is 123 Å². The molecule has 1 atom stereocenters. The number of rotatable bonds is 4. The van der Waals surface area contributed by atoms with Gasteiger partial charge in [-0.2, -0.15) is 0 Å². The van der Waals surface area contributed by atoms with Crippen LogP contribution in [0, 0.1) is 0 Å². The summed E-state index contributed by atoms with van der Waals surface area (Å²) in [7, 11) is 0. The summed E-state index contributed by atoms with van der Waals surface area (Å²) in [5.74, 6) is 0.374. The van der Waals surface area contributed by atoms with Gasteiger partial charge in [0.25, 0.3) is 0 Å². The number of aliphatic hydroxyl groups is 1. The van der Waals surface area contributed by atoms with Gasteiger partial charge in [0.1, 0.15) is 6.73 Å². The molecule has 1 unspecified atom stereocenters. The van der Waals surface area contributed by atoms with Crippen molar-refractivity contribution in [1.29, 1.82) is 0 Å². The lowest BCUT2D eigenvalue weighted by atomic mass is 9.94. The number of aliphatic hydroxyl groups excluding tert-OH is 1. The number of para-hydroxylation sites is 1. The van der Waals surface area contributed by atoms with Crippen molar-refractivity contribution < 1.29 is 5.11 Å². The van der Waals surface area contributed by atoms with E-state index in [0.29, 0.717) is 11.6 Å². The van der Waals surface area contributed by atoms with Crippen LogP contribution in [0.2, 0.25) is 0 Å². The van der Waals surface area contributed by atoms with Crippen LogP contribution in [0.15, 0.2) is 53.6 Å². The summed E-state index contributed by atoms with van der Waals surface area (Å²) < 4.78 is 0. The van der Waals surface area contributed by atoms with E-state index >= 15 is 0 Å². The van der Waals surface area contributed by atoms with E-state index in [9.17, 15) is 5.11 Å². The number of hydrogen-bond acceptors (Lipinski definition) is 3. The van der Waals surface area contributed by atoms with Crippen molar-refractivity contribution in [3.63, 3.8) is 0 Å². The molecule has 1 N–H and O–H groups in total. The van der Waals surface area contributed by atoms with Crippen LogP contribution >= 0.6 is 0 Å². The van der Waals surface area contributed by atoms with Crippen molar-refractivity contribution in [2.45, 2.75) is 12.3 Å². The molecule has 0 radical (unpaired) electrons. The van der Waals surface area contributed by atoms with Gasteiger partial charge in [-0.15, -0.1) is 0 Å². The van der Waals surface area contributed by atoms with Gasteiger partial charge >= 0.3 is 0 Å². The average Bonchev–Trinajstić information content (AvgIpc) is 2.88. The number of hydrogen-bond donors (Lipinski definition) is 1. The molecule has 0 aromatic heterocycles. The smallest absolute Gasteiger partial charge is 0.115 e. The first-order valence-corrected chi connectivity index (χ1v) is 6.90. The standard InChI is InChI=1S/C16H16N4O/c17-19-18-14-7-5-12(6-8-14)9-13-10-20(11-21)16-4-2-1-3-15(13)16/h1-8,13,21H,9-11H2. The maximum absolute atomic E-state index is 9.47. The zero-order valence-electron chi connectivity index (χ0n) is 11.6. The van der Waals surface area contributed by atoms with Gasteiger partial charge in [-0.25, -0.2) is 0 Å². The molecule has 0 spiro atoms. The first kappa shape index (κ1) is 13.5. The molecule has 2 aromatic rings. The summed E-state index contributed by atoms with van der Waals surface area (Å²) in [6, 6.07) is 15.9. The van der Waals surface area contributed by atoms with Gasteiger partial charge in [-0.1, -0.05) is 47.6 Å². The Morgan fingerprint density at radius 3 is 2.67 bits per heavy atom. The van der Waals surface area contributed by atoms with Crippen LogP contribution in [0.4, 0.5) is 11.4 Å². The zero-order valence-corrected chi connectivity index (χ0v) is 11.6. The second-order valence-corrected chi connectivity index (χ2v) is 5.18. The third-order valence-corrected chi connectivity index (χ3v) is 3.91. The molecule has 106 valence electrons. The molecule has 0 aliphatic carbocycles. The Kier molecular flexibility index (Phi) is 3.77. The van der Waals surface area contributed by atoms with Gasteiger partial charge in [-0.3, -0.25) is 0 Å². The summed E-state index contributed by atoms with van der Waals surface area (Å²) in [5, 5.41) is 13.1. The summed E-state index contributed by atoms with van der Waals surface area (Å²) in [4.78, 5) is 4.77. The van der Waals surface area contributed by atoms with E-state index in [-0.39, 0.29) is 6.73 Å². The molecule has 1 aliphatic rings. The Morgan fingerprint density at radius 1 is 1.19 bits per heavy atom. The molecule has 5 nitrogen and oxygen atoms in total. The highest BCUT2D eigenvalue weighted by molar-refractivity contribution is 5.60. The lowest BCUT2D eigenvalue weighted by molar-refractivity contribution is 0.292. The van der Waals surface area contributed by atoms with Crippen molar-refractivity contribution in [3.8, 4) is 0 Å². The van der Waals surface area contributed by atoms with Gasteiger partial charge in [0.15, 0.2) is 0 Å². The first-order valence-electron chi connectivity index (χ1n) is 6.90. The quantitative estimate of drug-likeness (QED) is 0.526. The van der Waals surface area contributed by atoms with E-state index in [1.807, 2.05) is 41.3 Å². The Balaban J connectivity index is 1.81. The second-order valence-electron chi connectivity index (χ2n) is 5.18. The fourth-order valence-electron chi connectivity index (χ4n) is 2.93. The van der Waals surface area contributed by atoms with Crippen LogP contribution in [0.5, 0.6) is 0 Å². The molecule has 5 heteroatoms. The lowest BCUT2D eigenvalue weighted by Gasteiger charge is -2.16. The topological polar surface area (TPSA) is 72.2 Å². The highest BCUT2D eigenvalue weighted by atomic mass is 16.3. The highest BCUT2D eigenvalue weighted by Crippen LogP contribution is 2.37. The van der Waals surface area contributed by atoms with E-state index in [4.69, 9.17) is 5.53 Å². The summed E-state index contributed by atoms with van der Waals surface area (Å²) in [6.07, 6.45) is 0.907. The highest BCUT2D eigenvalue weighted by Gasteiger charge is 2.27. The molecular weight excluding hydrogens is 264 g/mol. The van der Waals surface area contributed by atoms with Gasteiger partial charge in [-0.05, 0) is 29.1 Å². The molecule has 0 saturated carbocycles. The van der Waals surface area contributed by atoms with Crippen LogP contribution in [-0.2, 0) is 6.42 Å². The lowest BCUT2D eigenvalue weighted by Crippen LogP contribution is -2.23. The third-order valence-electron chi connectivity index (χ3n) is 3.91. The molecule has 0 bridgehead atoms. The minimum Gasteiger partial charge on any atom is -0.376 e. The molecule has 3 rings (SSSR count). The average molecular weight is 280 g/mol. The molecule has 1 heterocycles. The SMILES string of the molecule is [N-]=[N+]=Nc1ccc(CC2CN(CO)c3ccccc32)cc1. The zero-order chi connectivity index (χ0) is 14.7.